The average molecular weight is 410 g/mol. The number of para-hydroxylation sites is 2. The molecule has 2 aromatic carbocycles. The van der Waals surface area contributed by atoms with Gasteiger partial charge < -0.3 is 9.47 Å². The number of hydrogen-bond donors (Lipinski definition) is 0. The lowest BCUT2D eigenvalue weighted by atomic mass is 10.2. The maximum atomic E-state index is 6.09. The number of hydrogen-bond acceptors (Lipinski definition) is 5. The highest BCUT2D eigenvalue weighted by atomic mass is 32.2. The Hall–Kier alpha value is -2.11. The standard InChI is InChI=1S/C23H23NO2S2/c1-3-10-22-18(6-1)16-27-12-13-28-17-19-7-2-4-11-23(19)26-15-21-9-5-8-20(24-21)14-25-22/h1-11H,12-17H2. The summed E-state index contributed by atoms with van der Waals surface area (Å²) in [5.74, 6) is 6.05. The summed E-state index contributed by atoms with van der Waals surface area (Å²) >= 11 is 3.90. The predicted molar refractivity (Wildman–Crippen MR) is 118 cm³/mol. The molecule has 2 bridgehead atoms. The molecule has 1 aliphatic rings. The molecule has 0 atom stereocenters. The fourth-order valence-corrected chi connectivity index (χ4v) is 5.15. The summed E-state index contributed by atoms with van der Waals surface area (Å²) in [6, 6.07) is 22.6. The van der Waals surface area contributed by atoms with Gasteiger partial charge in [0.1, 0.15) is 24.7 Å². The van der Waals surface area contributed by atoms with Crippen molar-refractivity contribution in [2.75, 3.05) is 11.5 Å². The number of aromatic nitrogens is 1. The lowest BCUT2D eigenvalue weighted by Crippen LogP contribution is -2.05. The first-order chi connectivity index (χ1) is 13.9. The van der Waals surface area contributed by atoms with Crippen molar-refractivity contribution in [3.8, 4) is 11.5 Å². The van der Waals surface area contributed by atoms with Crippen LogP contribution in [-0.2, 0) is 24.7 Å². The Kier molecular flexibility index (Phi) is 6.79. The monoisotopic (exact) mass is 409 g/mol. The summed E-state index contributed by atoms with van der Waals surface area (Å²) in [5, 5.41) is 0. The Morgan fingerprint density at radius 1 is 0.607 bits per heavy atom. The summed E-state index contributed by atoms with van der Waals surface area (Å²) in [7, 11) is 0. The molecule has 0 radical (unpaired) electrons. The first-order valence-electron chi connectivity index (χ1n) is 9.40. The van der Waals surface area contributed by atoms with Gasteiger partial charge in [0.05, 0.1) is 11.4 Å². The SMILES string of the molecule is c1cc2nc(c1)COc1ccccc1CSCCSCc1ccccc1OC2. The average Bonchev–Trinajstić information content (AvgIpc) is 2.74. The second-order valence-corrected chi connectivity index (χ2v) is 8.73. The van der Waals surface area contributed by atoms with Gasteiger partial charge in [-0.1, -0.05) is 42.5 Å². The lowest BCUT2D eigenvalue weighted by Gasteiger charge is -2.12. The van der Waals surface area contributed by atoms with Crippen molar-refractivity contribution < 1.29 is 9.47 Å². The van der Waals surface area contributed by atoms with E-state index in [1.807, 2.05) is 66.0 Å². The molecule has 3 nitrogen and oxygen atoms in total. The molecule has 0 unspecified atom stereocenters. The van der Waals surface area contributed by atoms with E-state index in [4.69, 9.17) is 14.5 Å². The number of ether oxygens (including phenoxy) is 2. The number of fused-ring (bicyclic) bond motifs is 4. The highest BCUT2D eigenvalue weighted by molar-refractivity contribution is 8.02. The third kappa shape index (κ3) is 5.24. The second-order valence-electron chi connectivity index (χ2n) is 6.52. The van der Waals surface area contributed by atoms with Gasteiger partial charge in [-0.05, 0) is 24.3 Å². The van der Waals surface area contributed by atoms with Gasteiger partial charge in [-0.2, -0.15) is 23.5 Å². The lowest BCUT2D eigenvalue weighted by molar-refractivity contribution is 0.288. The quantitative estimate of drug-likeness (QED) is 0.474. The Labute approximate surface area is 174 Å². The van der Waals surface area contributed by atoms with E-state index >= 15 is 0 Å². The van der Waals surface area contributed by atoms with Crippen LogP contribution in [-0.4, -0.2) is 16.5 Å². The van der Waals surface area contributed by atoms with Crippen LogP contribution in [0.5, 0.6) is 11.5 Å². The van der Waals surface area contributed by atoms with Crippen LogP contribution >= 0.6 is 23.5 Å². The van der Waals surface area contributed by atoms with Crippen LogP contribution < -0.4 is 9.47 Å². The first kappa shape index (κ1) is 19.2. The smallest absolute Gasteiger partial charge is 0.130 e. The molecule has 28 heavy (non-hydrogen) atoms. The molecule has 0 fully saturated rings. The minimum Gasteiger partial charge on any atom is -0.487 e. The van der Waals surface area contributed by atoms with E-state index in [0.29, 0.717) is 13.2 Å². The largest absolute Gasteiger partial charge is 0.487 e. The minimum absolute atomic E-state index is 0.460. The number of nitrogens with zero attached hydrogens (tertiary/aromatic N) is 1. The van der Waals surface area contributed by atoms with Gasteiger partial charge in [-0.25, -0.2) is 0 Å². The molecule has 0 spiro atoms. The summed E-state index contributed by atoms with van der Waals surface area (Å²) in [4.78, 5) is 4.71. The third-order valence-electron chi connectivity index (χ3n) is 4.45. The van der Waals surface area contributed by atoms with Crippen LogP contribution in [0.2, 0.25) is 0 Å². The second kappa shape index (κ2) is 9.89. The van der Waals surface area contributed by atoms with Crippen molar-refractivity contribution in [2.24, 2.45) is 0 Å². The molecule has 5 heteroatoms. The number of pyridine rings is 1. The van der Waals surface area contributed by atoms with Crippen LogP contribution in [0.3, 0.4) is 0 Å². The van der Waals surface area contributed by atoms with Crippen molar-refractivity contribution in [3.05, 3.63) is 89.2 Å². The Balaban J connectivity index is 1.55. The van der Waals surface area contributed by atoms with Gasteiger partial charge >= 0.3 is 0 Å². The fourth-order valence-electron chi connectivity index (χ4n) is 3.00. The van der Waals surface area contributed by atoms with Crippen LogP contribution in [0.15, 0.2) is 66.7 Å². The van der Waals surface area contributed by atoms with E-state index < -0.39 is 0 Å². The Morgan fingerprint density at radius 2 is 1.11 bits per heavy atom. The van der Waals surface area contributed by atoms with Crippen molar-refractivity contribution in [2.45, 2.75) is 24.7 Å². The summed E-state index contributed by atoms with van der Waals surface area (Å²) in [5.41, 5.74) is 4.31. The highest BCUT2D eigenvalue weighted by Crippen LogP contribution is 2.27. The van der Waals surface area contributed by atoms with Gasteiger partial charge in [0.2, 0.25) is 0 Å². The van der Waals surface area contributed by atoms with E-state index in [1.165, 1.54) is 11.1 Å². The molecule has 0 saturated heterocycles. The predicted octanol–water partition coefficient (Wildman–Crippen LogP) is 5.72. The molecule has 144 valence electrons. The zero-order chi connectivity index (χ0) is 19.0. The molecular formula is C23H23NO2S2. The van der Waals surface area contributed by atoms with E-state index in [1.54, 1.807) is 0 Å². The first-order valence-corrected chi connectivity index (χ1v) is 11.7. The topological polar surface area (TPSA) is 31.4 Å². The van der Waals surface area contributed by atoms with Gasteiger partial charge in [0.25, 0.3) is 0 Å². The molecular weight excluding hydrogens is 386 g/mol. The summed E-state index contributed by atoms with van der Waals surface area (Å²) in [6.45, 7) is 0.921. The Morgan fingerprint density at radius 3 is 1.64 bits per heavy atom. The van der Waals surface area contributed by atoms with Crippen LogP contribution in [0.1, 0.15) is 22.5 Å². The van der Waals surface area contributed by atoms with E-state index in [2.05, 4.69) is 24.3 Å². The maximum Gasteiger partial charge on any atom is 0.130 e. The highest BCUT2D eigenvalue weighted by Gasteiger charge is 2.08. The Bertz CT molecular complexity index is 846. The fraction of sp³-hybridized carbons (Fsp3) is 0.261. The van der Waals surface area contributed by atoms with Gasteiger partial charge in [0, 0.05) is 34.1 Å². The minimum atomic E-state index is 0.460. The molecule has 0 amide bonds. The van der Waals surface area contributed by atoms with Crippen LogP contribution in [0.4, 0.5) is 0 Å². The maximum absolute atomic E-state index is 6.09. The molecule has 0 N–H and O–H groups in total. The zero-order valence-corrected chi connectivity index (χ0v) is 17.3. The summed E-state index contributed by atoms with van der Waals surface area (Å²) in [6.07, 6.45) is 0. The summed E-state index contributed by atoms with van der Waals surface area (Å²) < 4.78 is 12.2. The molecule has 4 rings (SSSR count). The van der Waals surface area contributed by atoms with Crippen molar-refractivity contribution in [1.29, 1.82) is 0 Å². The van der Waals surface area contributed by atoms with E-state index in [-0.39, 0.29) is 0 Å². The molecule has 0 aliphatic carbocycles. The molecule has 1 aromatic heterocycles. The van der Waals surface area contributed by atoms with Crippen molar-refractivity contribution >= 4 is 23.5 Å². The number of thioether (sulfide) groups is 2. The van der Waals surface area contributed by atoms with Gasteiger partial charge in [-0.15, -0.1) is 0 Å². The number of benzene rings is 2. The molecule has 0 saturated carbocycles. The third-order valence-corrected chi connectivity index (χ3v) is 6.72. The van der Waals surface area contributed by atoms with Crippen LogP contribution in [0.25, 0.3) is 0 Å². The molecule has 2 heterocycles. The van der Waals surface area contributed by atoms with Crippen molar-refractivity contribution in [3.63, 3.8) is 0 Å². The normalized spacial score (nSPS) is 15.3. The van der Waals surface area contributed by atoms with Crippen molar-refractivity contribution in [1.82, 2.24) is 4.98 Å². The molecule has 1 aliphatic heterocycles. The zero-order valence-electron chi connectivity index (χ0n) is 15.7. The van der Waals surface area contributed by atoms with E-state index in [9.17, 15) is 0 Å². The van der Waals surface area contributed by atoms with Gasteiger partial charge in [-0.3, -0.25) is 4.98 Å². The number of rotatable bonds is 0. The van der Waals surface area contributed by atoms with E-state index in [0.717, 1.165) is 45.9 Å². The molecule has 3 aromatic rings. The van der Waals surface area contributed by atoms with Gasteiger partial charge in [0.15, 0.2) is 0 Å². The van der Waals surface area contributed by atoms with Crippen LogP contribution in [0, 0.1) is 0 Å².